The summed E-state index contributed by atoms with van der Waals surface area (Å²) in [5.41, 5.74) is 1.71. The van der Waals surface area contributed by atoms with Gasteiger partial charge in [0.05, 0.1) is 19.9 Å². The van der Waals surface area contributed by atoms with Crippen molar-refractivity contribution in [3.8, 4) is 28.6 Å². The standard InChI is InChI=1S/C15H14N4O2/c1-20-13-7-3-5-11(9-13)15-16-17-18-19(15)12-6-4-8-14(10-12)21-2/h3-10H,1-2H3. The van der Waals surface area contributed by atoms with Gasteiger partial charge in [0.2, 0.25) is 0 Å². The van der Waals surface area contributed by atoms with Crippen LogP contribution in [0.3, 0.4) is 0 Å². The maximum absolute atomic E-state index is 5.24. The van der Waals surface area contributed by atoms with Crippen LogP contribution in [-0.2, 0) is 0 Å². The van der Waals surface area contributed by atoms with Gasteiger partial charge in [-0.2, -0.15) is 4.68 Å². The third kappa shape index (κ3) is 2.55. The first-order valence-electron chi connectivity index (χ1n) is 6.39. The van der Waals surface area contributed by atoms with E-state index in [0.29, 0.717) is 5.82 Å². The van der Waals surface area contributed by atoms with Gasteiger partial charge in [0.15, 0.2) is 5.82 Å². The minimum atomic E-state index is 0.641. The number of ether oxygens (including phenoxy) is 2. The average Bonchev–Trinajstić information content (AvgIpc) is 3.04. The van der Waals surface area contributed by atoms with Crippen molar-refractivity contribution in [1.82, 2.24) is 20.2 Å². The Morgan fingerprint density at radius 1 is 0.905 bits per heavy atom. The number of hydrogen-bond donors (Lipinski definition) is 0. The van der Waals surface area contributed by atoms with E-state index in [1.165, 1.54) is 0 Å². The largest absolute Gasteiger partial charge is 0.497 e. The summed E-state index contributed by atoms with van der Waals surface area (Å²) >= 11 is 0. The Bertz CT molecular complexity index is 693. The highest BCUT2D eigenvalue weighted by molar-refractivity contribution is 5.59. The zero-order valence-corrected chi connectivity index (χ0v) is 11.7. The molecular weight excluding hydrogens is 268 g/mol. The van der Waals surface area contributed by atoms with Crippen molar-refractivity contribution < 1.29 is 9.47 Å². The Morgan fingerprint density at radius 3 is 2.38 bits per heavy atom. The predicted octanol–water partition coefficient (Wildman–Crippen LogP) is 2.35. The van der Waals surface area contributed by atoms with Crippen LogP contribution in [0.2, 0.25) is 0 Å². The van der Waals surface area contributed by atoms with Crippen LogP contribution in [0.5, 0.6) is 11.5 Å². The molecule has 0 amide bonds. The van der Waals surface area contributed by atoms with E-state index < -0.39 is 0 Å². The number of methoxy groups -OCH3 is 2. The van der Waals surface area contributed by atoms with E-state index >= 15 is 0 Å². The topological polar surface area (TPSA) is 62.1 Å². The molecule has 106 valence electrons. The molecule has 1 heterocycles. The van der Waals surface area contributed by atoms with Crippen molar-refractivity contribution in [1.29, 1.82) is 0 Å². The second-order valence-electron chi connectivity index (χ2n) is 4.35. The van der Waals surface area contributed by atoms with Crippen LogP contribution >= 0.6 is 0 Å². The molecule has 6 heteroatoms. The molecule has 0 radical (unpaired) electrons. The average molecular weight is 282 g/mol. The normalized spacial score (nSPS) is 10.4. The molecule has 6 nitrogen and oxygen atoms in total. The third-order valence-corrected chi connectivity index (χ3v) is 3.10. The molecule has 0 spiro atoms. The first kappa shape index (κ1) is 13.1. The summed E-state index contributed by atoms with van der Waals surface area (Å²) in [6, 6.07) is 15.2. The molecule has 3 rings (SSSR count). The highest BCUT2D eigenvalue weighted by Crippen LogP contribution is 2.24. The molecule has 2 aromatic carbocycles. The van der Waals surface area contributed by atoms with Crippen LogP contribution in [0.15, 0.2) is 48.5 Å². The molecule has 0 aliphatic heterocycles. The second kappa shape index (κ2) is 5.62. The van der Waals surface area contributed by atoms with Crippen molar-refractivity contribution in [2.24, 2.45) is 0 Å². The minimum absolute atomic E-state index is 0.641. The van der Waals surface area contributed by atoms with E-state index in [-0.39, 0.29) is 0 Å². The van der Waals surface area contributed by atoms with Gasteiger partial charge < -0.3 is 9.47 Å². The molecule has 0 fully saturated rings. The number of hydrogen-bond acceptors (Lipinski definition) is 5. The van der Waals surface area contributed by atoms with Gasteiger partial charge >= 0.3 is 0 Å². The van der Waals surface area contributed by atoms with Gasteiger partial charge in [-0.05, 0) is 34.7 Å². The van der Waals surface area contributed by atoms with Crippen LogP contribution in [0.4, 0.5) is 0 Å². The Labute approximate surface area is 121 Å². The summed E-state index contributed by atoms with van der Waals surface area (Å²) in [6.07, 6.45) is 0. The molecule has 0 N–H and O–H groups in total. The van der Waals surface area contributed by atoms with Crippen LogP contribution in [0.1, 0.15) is 0 Å². The van der Waals surface area contributed by atoms with E-state index in [1.54, 1.807) is 18.9 Å². The van der Waals surface area contributed by atoms with Crippen molar-refractivity contribution in [3.63, 3.8) is 0 Å². The van der Waals surface area contributed by atoms with Gasteiger partial charge in [0, 0.05) is 11.6 Å². The molecule has 0 aliphatic rings. The fraction of sp³-hybridized carbons (Fsp3) is 0.133. The second-order valence-corrected chi connectivity index (χ2v) is 4.35. The van der Waals surface area contributed by atoms with Crippen molar-refractivity contribution in [2.45, 2.75) is 0 Å². The van der Waals surface area contributed by atoms with E-state index in [4.69, 9.17) is 9.47 Å². The van der Waals surface area contributed by atoms with Crippen molar-refractivity contribution in [2.75, 3.05) is 14.2 Å². The van der Waals surface area contributed by atoms with Gasteiger partial charge in [0.1, 0.15) is 11.5 Å². The zero-order valence-electron chi connectivity index (χ0n) is 11.7. The molecule has 0 bridgehead atoms. The molecule has 21 heavy (non-hydrogen) atoms. The molecule has 0 aliphatic carbocycles. The maximum atomic E-state index is 5.24. The van der Waals surface area contributed by atoms with E-state index in [0.717, 1.165) is 22.7 Å². The van der Waals surface area contributed by atoms with E-state index in [2.05, 4.69) is 15.5 Å². The summed E-state index contributed by atoms with van der Waals surface area (Å²) in [5, 5.41) is 11.9. The molecule has 0 saturated heterocycles. The van der Waals surface area contributed by atoms with Gasteiger partial charge in [-0.15, -0.1) is 5.10 Å². The Hall–Kier alpha value is -2.89. The predicted molar refractivity (Wildman–Crippen MR) is 77.7 cm³/mol. The highest BCUT2D eigenvalue weighted by Gasteiger charge is 2.11. The monoisotopic (exact) mass is 282 g/mol. The summed E-state index contributed by atoms with van der Waals surface area (Å²) in [4.78, 5) is 0. The maximum Gasteiger partial charge on any atom is 0.187 e. The Kier molecular flexibility index (Phi) is 3.51. The first-order chi connectivity index (χ1) is 10.3. The van der Waals surface area contributed by atoms with Crippen molar-refractivity contribution >= 4 is 0 Å². The lowest BCUT2D eigenvalue weighted by Gasteiger charge is -2.07. The number of benzene rings is 2. The van der Waals surface area contributed by atoms with Gasteiger partial charge in [0.25, 0.3) is 0 Å². The lowest BCUT2D eigenvalue weighted by Crippen LogP contribution is -2.00. The number of aromatic nitrogens is 4. The fourth-order valence-electron chi connectivity index (χ4n) is 2.05. The Balaban J connectivity index is 2.07. The number of rotatable bonds is 4. The quantitative estimate of drug-likeness (QED) is 0.735. The molecule has 0 unspecified atom stereocenters. The van der Waals surface area contributed by atoms with Crippen molar-refractivity contribution in [3.05, 3.63) is 48.5 Å². The molecule has 3 aromatic rings. The van der Waals surface area contributed by atoms with Crippen LogP contribution < -0.4 is 9.47 Å². The zero-order chi connectivity index (χ0) is 14.7. The lowest BCUT2D eigenvalue weighted by atomic mass is 10.2. The van der Waals surface area contributed by atoms with Crippen LogP contribution in [-0.4, -0.2) is 34.4 Å². The summed E-state index contributed by atoms with van der Waals surface area (Å²) in [5.74, 6) is 2.15. The highest BCUT2D eigenvalue weighted by atomic mass is 16.5. The Morgan fingerprint density at radius 2 is 1.62 bits per heavy atom. The van der Waals surface area contributed by atoms with Gasteiger partial charge in [-0.25, -0.2) is 0 Å². The van der Waals surface area contributed by atoms with Crippen LogP contribution in [0.25, 0.3) is 17.1 Å². The number of tetrazole rings is 1. The molecule has 0 saturated carbocycles. The summed E-state index contributed by atoms with van der Waals surface area (Å²) in [7, 11) is 3.26. The van der Waals surface area contributed by atoms with Gasteiger partial charge in [-0.1, -0.05) is 18.2 Å². The fourth-order valence-corrected chi connectivity index (χ4v) is 2.05. The van der Waals surface area contributed by atoms with E-state index in [1.807, 2.05) is 48.5 Å². The smallest absolute Gasteiger partial charge is 0.187 e. The van der Waals surface area contributed by atoms with Gasteiger partial charge in [-0.3, -0.25) is 0 Å². The molecule has 0 atom stereocenters. The SMILES string of the molecule is COc1cccc(-c2nnnn2-c2cccc(OC)c2)c1. The lowest BCUT2D eigenvalue weighted by molar-refractivity contribution is 0.414. The first-order valence-corrected chi connectivity index (χ1v) is 6.39. The molecule has 1 aromatic heterocycles. The third-order valence-electron chi connectivity index (χ3n) is 3.10. The number of nitrogens with zero attached hydrogens (tertiary/aromatic N) is 4. The van der Waals surface area contributed by atoms with E-state index in [9.17, 15) is 0 Å². The molecular formula is C15H14N4O2. The van der Waals surface area contributed by atoms with Crippen LogP contribution in [0, 0.1) is 0 Å². The minimum Gasteiger partial charge on any atom is -0.497 e. The summed E-state index contributed by atoms with van der Waals surface area (Å²) in [6.45, 7) is 0. The summed E-state index contributed by atoms with van der Waals surface area (Å²) < 4.78 is 12.1.